The van der Waals surface area contributed by atoms with Gasteiger partial charge in [-0.25, -0.2) is 13.1 Å². The summed E-state index contributed by atoms with van der Waals surface area (Å²) in [5, 5.41) is 8.41. The molecule has 1 rings (SSSR count). The number of carboxylic acid groups (broad SMARTS) is 1. The summed E-state index contributed by atoms with van der Waals surface area (Å²) in [5.41, 5.74) is 0. The minimum atomic E-state index is -3.67. The summed E-state index contributed by atoms with van der Waals surface area (Å²) in [4.78, 5) is 10.3. The molecule has 0 aliphatic heterocycles. The van der Waals surface area contributed by atoms with Crippen molar-refractivity contribution in [3.63, 3.8) is 0 Å². The number of carbonyl (C=O) groups is 1. The van der Waals surface area contributed by atoms with E-state index in [9.17, 15) is 13.2 Å². The van der Waals surface area contributed by atoms with E-state index in [0.717, 1.165) is 25.7 Å². The Bertz CT molecular complexity index is 319. The Morgan fingerprint density at radius 2 is 2.00 bits per heavy atom. The molecule has 0 saturated heterocycles. The molecular formula is C9H17NO4S. The fraction of sp³-hybridized carbons (Fsp3) is 0.889. The molecular weight excluding hydrogens is 218 g/mol. The first-order chi connectivity index (χ1) is 6.91. The van der Waals surface area contributed by atoms with Crippen molar-refractivity contribution in [1.82, 2.24) is 4.72 Å². The molecule has 0 unspecified atom stereocenters. The number of rotatable bonds is 5. The molecule has 0 aromatic heterocycles. The van der Waals surface area contributed by atoms with Gasteiger partial charge < -0.3 is 5.11 Å². The number of carboxylic acids is 1. The van der Waals surface area contributed by atoms with Crippen molar-refractivity contribution in [3.8, 4) is 0 Å². The second kappa shape index (κ2) is 4.94. The summed E-state index contributed by atoms with van der Waals surface area (Å²) in [6.45, 7) is 1.80. The molecule has 1 atom stereocenters. The molecule has 0 amide bonds. The Labute approximate surface area is 89.9 Å². The van der Waals surface area contributed by atoms with E-state index in [4.69, 9.17) is 5.11 Å². The van der Waals surface area contributed by atoms with E-state index in [1.165, 1.54) is 0 Å². The summed E-state index contributed by atoms with van der Waals surface area (Å²) in [6.07, 6.45) is 4.32. The average Bonchev–Trinajstić information content (AvgIpc) is 2.50. The molecule has 1 fully saturated rings. The minimum absolute atomic E-state index is 0.156. The van der Waals surface area contributed by atoms with E-state index in [1.807, 2.05) is 0 Å². The lowest BCUT2D eigenvalue weighted by Gasteiger charge is -2.19. The minimum Gasteiger partial charge on any atom is -0.480 e. The lowest BCUT2D eigenvalue weighted by molar-refractivity contribution is -0.134. The van der Waals surface area contributed by atoms with Crippen molar-refractivity contribution in [2.45, 2.75) is 38.6 Å². The molecule has 1 aliphatic carbocycles. The van der Waals surface area contributed by atoms with E-state index in [0.29, 0.717) is 5.92 Å². The fourth-order valence-electron chi connectivity index (χ4n) is 2.04. The van der Waals surface area contributed by atoms with Crippen LogP contribution in [0.5, 0.6) is 0 Å². The van der Waals surface area contributed by atoms with Gasteiger partial charge in [-0.2, -0.15) is 0 Å². The highest BCUT2D eigenvalue weighted by Gasteiger charge is 2.26. The van der Waals surface area contributed by atoms with Gasteiger partial charge in [0.25, 0.3) is 0 Å². The fourth-order valence-corrected chi connectivity index (χ4v) is 3.21. The maximum absolute atomic E-state index is 11.3. The van der Waals surface area contributed by atoms with Crippen LogP contribution in [0.25, 0.3) is 0 Å². The maximum Gasteiger partial charge on any atom is 0.320 e. The van der Waals surface area contributed by atoms with Crippen LogP contribution in [0.2, 0.25) is 0 Å². The number of sulfonamides is 1. The predicted molar refractivity (Wildman–Crippen MR) is 56.0 cm³/mol. The Balaban J connectivity index is 2.49. The molecule has 1 aliphatic rings. The molecule has 0 spiro atoms. The van der Waals surface area contributed by atoms with Gasteiger partial charge in [-0.15, -0.1) is 0 Å². The highest BCUT2D eigenvalue weighted by molar-refractivity contribution is 7.90. The topological polar surface area (TPSA) is 83.5 Å². The summed E-state index contributed by atoms with van der Waals surface area (Å²) < 4.78 is 25.1. The van der Waals surface area contributed by atoms with Gasteiger partial charge in [0.15, 0.2) is 5.75 Å². The summed E-state index contributed by atoms with van der Waals surface area (Å²) in [7, 11) is -3.67. The highest BCUT2D eigenvalue weighted by atomic mass is 32.2. The molecule has 15 heavy (non-hydrogen) atoms. The summed E-state index contributed by atoms with van der Waals surface area (Å²) >= 11 is 0. The lowest BCUT2D eigenvalue weighted by Crippen LogP contribution is -2.40. The van der Waals surface area contributed by atoms with Gasteiger partial charge in [0.2, 0.25) is 10.0 Å². The molecule has 1 saturated carbocycles. The predicted octanol–water partition coefficient (Wildman–Crippen LogP) is 0.569. The third kappa shape index (κ3) is 4.17. The van der Waals surface area contributed by atoms with Crippen LogP contribution in [0, 0.1) is 5.92 Å². The van der Waals surface area contributed by atoms with Crippen molar-refractivity contribution in [2.24, 2.45) is 5.92 Å². The molecule has 0 heterocycles. The molecule has 0 radical (unpaired) electrons. The van der Waals surface area contributed by atoms with E-state index in [1.54, 1.807) is 6.92 Å². The van der Waals surface area contributed by atoms with Crippen LogP contribution in [0.3, 0.4) is 0 Å². The van der Waals surface area contributed by atoms with Gasteiger partial charge in [-0.1, -0.05) is 12.8 Å². The van der Waals surface area contributed by atoms with Crippen molar-refractivity contribution < 1.29 is 18.3 Å². The van der Waals surface area contributed by atoms with Crippen molar-refractivity contribution in [3.05, 3.63) is 0 Å². The zero-order chi connectivity index (χ0) is 11.5. The SMILES string of the molecule is C[C@@H](NS(=O)(=O)CC(=O)O)C1CCCC1. The zero-order valence-corrected chi connectivity index (χ0v) is 9.59. The second-order valence-corrected chi connectivity index (χ2v) is 5.86. The van der Waals surface area contributed by atoms with Gasteiger partial charge in [-0.05, 0) is 25.7 Å². The van der Waals surface area contributed by atoms with Gasteiger partial charge in [-0.3, -0.25) is 4.79 Å². The molecule has 6 heteroatoms. The van der Waals surface area contributed by atoms with Crippen LogP contribution < -0.4 is 4.72 Å². The molecule has 0 bridgehead atoms. The van der Waals surface area contributed by atoms with Crippen LogP contribution in [0.1, 0.15) is 32.6 Å². The molecule has 0 aromatic rings. The molecule has 2 N–H and O–H groups in total. The van der Waals surface area contributed by atoms with Crippen LogP contribution in [0.15, 0.2) is 0 Å². The Hall–Kier alpha value is -0.620. The van der Waals surface area contributed by atoms with Crippen LogP contribution in [0.4, 0.5) is 0 Å². The van der Waals surface area contributed by atoms with Crippen molar-refractivity contribution in [1.29, 1.82) is 0 Å². The lowest BCUT2D eigenvalue weighted by atomic mass is 10.0. The van der Waals surface area contributed by atoms with Gasteiger partial charge in [0.1, 0.15) is 0 Å². The van der Waals surface area contributed by atoms with E-state index >= 15 is 0 Å². The van der Waals surface area contributed by atoms with Gasteiger partial charge in [0, 0.05) is 6.04 Å². The molecule has 5 nitrogen and oxygen atoms in total. The number of hydrogen-bond acceptors (Lipinski definition) is 3. The van der Waals surface area contributed by atoms with Crippen molar-refractivity contribution >= 4 is 16.0 Å². The third-order valence-electron chi connectivity index (χ3n) is 2.79. The van der Waals surface area contributed by atoms with E-state index in [2.05, 4.69) is 4.72 Å². The first kappa shape index (κ1) is 12.4. The largest absolute Gasteiger partial charge is 0.480 e. The number of hydrogen-bond donors (Lipinski definition) is 2. The van der Waals surface area contributed by atoms with Crippen LogP contribution in [-0.4, -0.2) is 31.3 Å². The quantitative estimate of drug-likeness (QED) is 0.729. The molecule has 88 valence electrons. The van der Waals surface area contributed by atoms with Crippen LogP contribution >= 0.6 is 0 Å². The highest BCUT2D eigenvalue weighted by Crippen LogP contribution is 2.27. The molecule has 0 aromatic carbocycles. The van der Waals surface area contributed by atoms with Crippen molar-refractivity contribution in [2.75, 3.05) is 5.75 Å². The summed E-state index contributed by atoms with van der Waals surface area (Å²) in [5.74, 6) is -1.81. The normalized spacial score (nSPS) is 20.3. The van der Waals surface area contributed by atoms with E-state index in [-0.39, 0.29) is 6.04 Å². The summed E-state index contributed by atoms with van der Waals surface area (Å²) in [6, 6.07) is -0.156. The van der Waals surface area contributed by atoms with Gasteiger partial charge in [0.05, 0.1) is 0 Å². The van der Waals surface area contributed by atoms with Gasteiger partial charge >= 0.3 is 5.97 Å². The van der Waals surface area contributed by atoms with E-state index < -0.39 is 21.7 Å². The number of aliphatic carboxylic acids is 1. The number of nitrogens with one attached hydrogen (secondary N) is 1. The van der Waals surface area contributed by atoms with Crippen LogP contribution in [-0.2, 0) is 14.8 Å². The Morgan fingerprint density at radius 1 is 1.47 bits per heavy atom. The second-order valence-electron chi connectivity index (χ2n) is 4.10. The Kier molecular flexibility index (Phi) is 4.10. The Morgan fingerprint density at radius 3 is 2.47 bits per heavy atom. The standard InChI is InChI=1S/C9H17NO4S/c1-7(8-4-2-3-5-8)10-15(13,14)6-9(11)12/h7-8,10H,2-6H2,1H3,(H,11,12)/t7-/m1/s1. The first-order valence-electron chi connectivity index (χ1n) is 5.12. The first-order valence-corrected chi connectivity index (χ1v) is 6.78. The monoisotopic (exact) mass is 235 g/mol. The smallest absolute Gasteiger partial charge is 0.320 e. The third-order valence-corrected chi connectivity index (χ3v) is 4.14. The maximum atomic E-state index is 11.3. The zero-order valence-electron chi connectivity index (χ0n) is 8.77. The average molecular weight is 235 g/mol.